The lowest BCUT2D eigenvalue weighted by atomic mass is 9.82. The highest BCUT2D eigenvalue weighted by molar-refractivity contribution is 5.10. The molecular formula is C9H16O2. The molecule has 0 radical (unpaired) electrons. The van der Waals surface area contributed by atoms with Gasteiger partial charge in [-0.1, -0.05) is 25.2 Å². The summed E-state index contributed by atoms with van der Waals surface area (Å²) in [5, 5.41) is 18.4. The molecule has 0 aliphatic carbocycles. The Kier molecular flexibility index (Phi) is 3.49. The van der Waals surface area contributed by atoms with E-state index in [1.807, 2.05) is 0 Å². The molecule has 0 heterocycles. The molecule has 0 saturated heterocycles. The van der Waals surface area contributed by atoms with E-state index in [2.05, 4.69) is 13.2 Å². The van der Waals surface area contributed by atoms with Crippen LogP contribution in [0.3, 0.4) is 0 Å². The van der Waals surface area contributed by atoms with Crippen molar-refractivity contribution in [3.8, 4) is 0 Å². The van der Waals surface area contributed by atoms with Crippen LogP contribution in [-0.4, -0.2) is 22.9 Å². The van der Waals surface area contributed by atoms with Crippen LogP contribution in [0.5, 0.6) is 0 Å². The van der Waals surface area contributed by atoms with Crippen molar-refractivity contribution in [2.75, 3.05) is 6.61 Å². The molecule has 2 atom stereocenters. The van der Waals surface area contributed by atoms with Crippen molar-refractivity contribution in [2.45, 2.75) is 20.0 Å². The first-order valence-corrected chi connectivity index (χ1v) is 3.56. The van der Waals surface area contributed by atoms with E-state index in [0.717, 1.165) is 0 Å². The van der Waals surface area contributed by atoms with Gasteiger partial charge >= 0.3 is 0 Å². The number of hydrogen-bond donors (Lipinski definition) is 2. The molecule has 0 aliphatic rings. The van der Waals surface area contributed by atoms with Crippen LogP contribution in [0.15, 0.2) is 24.8 Å². The van der Waals surface area contributed by atoms with Gasteiger partial charge in [-0.15, -0.1) is 6.58 Å². The van der Waals surface area contributed by atoms with Crippen molar-refractivity contribution < 1.29 is 10.2 Å². The summed E-state index contributed by atoms with van der Waals surface area (Å²) in [6, 6.07) is 0. The number of hydrogen-bond acceptors (Lipinski definition) is 2. The first-order valence-electron chi connectivity index (χ1n) is 3.56. The Morgan fingerprint density at radius 2 is 2.18 bits per heavy atom. The second-order valence-electron chi connectivity index (χ2n) is 3.12. The molecule has 0 spiro atoms. The zero-order valence-electron chi connectivity index (χ0n) is 7.17. The zero-order chi connectivity index (χ0) is 9.07. The largest absolute Gasteiger partial charge is 0.395 e. The lowest BCUT2D eigenvalue weighted by molar-refractivity contribution is 0.0526. The van der Waals surface area contributed by atoms with E-state index in [1.165, 1.54) is 0 Å². The highest BCUT2D eigenvalue weighted by Gasteiger charge is 2.29. The molecule has 0 aromatic heterocycles. The Labute approximate surface area is 67.9 Å². The van der Waals surface area contributed by atoms with Crippen molar-refractivity contribution in [2.24, 2.45) is 5.41 Å². The first kappa shape index (κ1) is 10.4. The average Bonchev–Trinajstić information content (AvgIpc) is 2.01. The average molecular weight is 156 g/mol. The second kappa shape index (κ2) is 3.69. The minimum Gasteiger partial charge on any atom is -0.395 e. The van der Waals surface area contributed by atoms with E-state index in [4.69, 9.17) is 5.11 Å². The maximum atomic E-state index is 9.51. The molecule has 11 heavy (non-hydrogen) atoms. The number of aliphatic hydroxyl groups excluding tert-OH is 2. The van der Waals surface area contributed by atoms with Crippen LogP contribution in [0.25, 0.3) is 0 Å². The van der Waals surface area contributed by atoms with Gasteiger partial charge in [0, 0.05) is 5.41 Å². The van der Waals surface area contributed by atoms with Crippen molar-refractivity contribution in [1.29, 1.82) is 0 Å². The summed E-state index contributed by atoms with van der Waals surface area (Å²) in [5.74, 6) is 0. The third-order valence-electron chi connectivity index (χ3n) is 1.90. The minimum atomic E-state index is -0.718. The van der Waals surface area contributed by atoms with Crippen LogP contribution in [0, 0.1) is 5.41 Å². The molecule has 2 heteroatoms. The molecule has 0 fully saturated rings. The SMILES string of the molecule is C=C[C@](C)(CO)[C@@H](O)C(=C)C. The van der Waals surface area contributed by atoms with Crippen molar-refractivity contribution >= 4 is 0 Å². The van der Waals surface area contributed by atoms with Gasteiger partial charge < -0.3 is 10.2 Å². The molecule has 0 aliphatic heterocycles. The van der Waals surface area contributed by atoms with Gasteiger partial charge in [0.25, 0.3) is 0 Å². The summed E-state index contributed by atoms with van der Waals surface area (Å²) in [7, 11) is 0. The summed E-state index contributed by atoms with van der Waals surface area (Å²) in [6.45, 7) is 10.5. The molecule has 0 amide bonds. The fourth-order valence-corrected chi connectivity index (χ4v) is 0.826. The van der Waals surface area contributed by atoms with E-state index in [0.29, 0.717) is 5.57 Å². The molecule has 0 aromatic rings. The van der Waals surface area contributed by atoms with Crippen LogP contribution < -0.4 is 0 Å². The molecule has 2 N–H and O–H groups in total. The Balaban J connectivity index is 4.49. The third kappa shape index (κ3) is 2.17. The molecule has 0 bridgehead atoms. The van der Waals surface area contributed by atoms with Crippen LogP contribution >= 0.6 is 0 Å². The molecule has 2 nitrogen and oxygen atoms in total. The fourth-order valence-electron chi connectivity index (χ4n) is 0.826. The van der Waals surface area contributed by atoms with Gasteiger partial charge in [-0.2, -0.15) is 0 Å². The predicted octanol–water partition coefficient (Wildman–Crippen LogP) is 1.11. The molecule has 64 valence electrons. The molecular weight excluding hydrogens is 140 g/mol. The smallest absolute Gasteiger partial charge is 0.0854 e. The van der Waals surface area contributed by atoms with E-state index in [9.17, 15) is 5.11 Å². The van der Waals surface area contributed by atoms with Crippen molar-refractivity contribution in [3.05, 3.63) is 24.8 Å². The zero-order valence-corrected chi connectivity index (χ0v) is 7.17. The van der Waals surface area contributed by atoms with Crippen LogP contribution in [-0.2, 0) is 0 Å². The summed E-state index contributed by atoms with van der Waals surface area (Å²) in [6.07, 6.45) is 0.830. The maximum Gasteiger partial charge on any atom is 0.0854 e. The summed E-state index contributed by atoms with van der Waals surface area (Å²) in [5.41, 5.74) is -0.0206. The highest BCUT2D eigenvalue weighted by atomic mass is 16.3. The summed E-state index contributed by atoms with van der Waals surface area (Å²) in [4.78, 5) is 0. The Hall–Kier alpha value is -0.600. The summed E-state index contributed by atoms with van der Waals surface area (Å²) >= 11 is 0. The predicted molar refractivity (Wildman–Crippen MR) is 46.2 cm³/mol. The lowest BCUT2D eigenvalue weighted by Gasteiger charge is -2.29. The minimum absolute atomic E-state index is 0.121. The van der Waals surface area contributed by atoms with Crippen molar-refractivity contribution in [1.82, 2.24) is 0 Å². The van der Waals surface area contributed by atoms with Gasteiger partial charge in [0.1, 0.15) is 0 Å². The first-order chi connectivity index (χ1) is 4.98. The molecule has 0 rings (SSSR count). The molecule has 0 aromatic carbocycles. The van der Waals surface area contributed by atoms with Gasteiger partial charge in [-0.3, -0.25) is 0 Å². The second-order valence-corrected chi connectivity index (χ2v) is 3.12. The standard InChI is InChI=1S/C9H16O2/c1-5-9(4,6-10)8(11)7(2)3/h5,8,10-11H,1-2,6H2,3-4H3/t8-,9+/m0/s1. The summed E-state index contributed by atoms with van der Waals surface area (Å²) < 4.78 is 0. The normalized spacial score (nSPS) is 18.5. The van der Waals surface area contributed by atoms with E-state index in [1.54, 1.807) is 19.9 Å². The van der Waals surface area contributed by atoms with Crippen LogP contribution in [0.1, 0.15) is 13.8 Å². The lowest BCUT2D eigenvalue weighted by Crippen LogP contribution is -2.34. The number of rotatable bonds is 4. The Morgan fingerprint density at radius 3 is 2.27 bits per heavy atom. The Bertz CT molecular complexity index is 163. The van der Waals surface area contributed by atoms with E-state index in [-0.39, 0.29) is 6.61 Å². The van der Waals surface area contributed by atoms with Gasteiger partial charge in [0.15, 0.2) is 0 Å². The monoisotopic (exact) mass is 156 g/mol. The van der Waals surface area contributed by atoms with Gasteiger partial charge in [0.2, 0.25) is 0 Å². The molecule has 0 unspecified atom stereocenters. The van der Waals surface area contributed by atoms with Crippen LogP contribution in [0.2, 0.25) is 0 Å². The Morgan fingerprint density at radius 1 is 1.73 bits per heavy atom. The van der Waals surface area contributed by atoms with Gasteiger partial charge in [0.05, 0.1) is 12.7 Å². The quantitative estimate of drug-likeness (QED) is 0.598. The fraction of sp³-hybridized carbons (Fsp3) is 0.556. The van der Waals surface area contributed by atoms with Crippen LogP contribution in [0.4, 0.5) is 0 Å². The van der Waals surface area contributed by atoms with E-state index < -0.39 is 11.5 Å². The molecule has 0 saturated carbocycles. The van der Waals surface area contributed by atoms with E-state index >= 15 is 0 Å². The van der Waals surface area contributed by atoms with Crippen molar-refractivity contribution in [3.63, 3.8) is 0 Å². The number of aliphatic hydroxyl groups is 2. The topological polar surface area (TPSA) is 40.5 Å². The maximum absolute atomic E-state index is 9.51. The highest BCUT2D eigenvalue weighted by Crippen LogP contribution is 2.25. The van der Waals surface area contributed by atoms with Gasteiger partial charge in [-0.05, 0) is 6.92 Å². The van der Waals surface area contributed by atoms with Gasteiger partial charge in [-0.25, -0.2) is 0 Å². The third-order valence-corrected chi connectivity index (χ3v) is 1.90.